The van der Waals surface area contributed by atoms with Gasteiger partial charge in [0.1, 0.15) is 0 Å². The minimum absolute atomic E-state index is 0.666. The van der Waals surface area contributed by atoms with Gasteiger partial charge in [-0.1, -0.05) is 19.1 Å². The molecule has 0 aromatic heterocycles. The van der Waals surface area contributed by atoms with E-state index in [-0.39, 0.29) is 0 Å². The zero-order valence-electron chi connectivity index (χ0n) is 11.2. The van der Waals surface area contributed by atoms with E-state index in [4.69, 9.17) is 0 Å². The normalized spacial score (nSPS) is 22.2. The van der Waals surface area contributed by atoms with Gasteiger partial charge < -0.3 is 10.2 Å². The summed E-state index contributed by atoms with van der Waals surface area (Å²) < 4.78 is 0. The predicted molar refractivity (Wildman–Crippen MR) is 74.8 cm³/mol. The van der Waals surface area contributed by atoms with Gasteiger partial charge in [-0.25, -0.2) is 0 Å². The average molecular weight is 232 g/mol. The van der Waals surface area contributed by atoms with Crippen LogP contribution in [0.15, 0.2) is 24.3 Å². The number of piperidine rings is 1. The first-order valence-electron chi connectivity index (χ1n) is 6.66. The van der Waals surface area contributed by atoms with Crippen molar-refractivity contribution in [3.8, 4) is 0 Å². The Morgan fingerprint density at radius 2 is 1.94 bits per heavy atom. The molecule has 0 radical (unpaired) electrons. The molecule has 2 rings (SSSR count). The first kappa shape index (κ1) is 12.4. The summed E-state index contributed by atoms with van der Waals surface area (Å²) in [5.41, 5.74) is 2.76. The summed E-state index contributed by atoms with van der Waals surface area (Å²) in [5.74, 6) is 1.47. The first-order valence-corrected chi connectivity index (χ1v) is 6.66. The third-order valence-electron chi connectivity index (χ3n) is 3.98. The largest absolute Gasteiger partial charge is 0.378 e. The van der Waals surface area contributed by atoms with Crippen molar-refractivity contribution in [2.24, 2.45) is 5.92 Å². The maximum Gasteiger partial charge on any atom is 0.0361 e. The molecule has 2 nitrogen and oxygen atoms in total. The van der Waals surface area contributed by atoms with E-state index in [2.05, 4.69) is 55.5 Å². The number of hydrogen-bond acceptors (Lipinski definition) is 2. The molecule has 1 aliphatic rings. The number of rotatable bonds is 3. The number of anilines is 1. The van der Waals surface area contributed by atoms with Gasteiger partial charge in [-0.05, 0) is 55.5 Å². The van der Waals surface area contributed by atoms with E-state index < -0.39 is 0 Å². The highest BCUT2D eigenvalue weighted by molar-refractivity contribution is 5.46. The van der Waals surface area contributed by atoms with Crippen LogP contribution in [-0.2, 0) is 0 Å². The number of nitrogens with one attached hydrogen (secondary N) is 1. The molecule has 94 valence electrons. The summed E-state index contributed by atoms with van der Waals surface area (Å²) in [6, 6.07) is 9.02. The van der Waals surface area contributed by atoms with Gasteiger partial charge >= 0.3 is 0 Å². The van der Waals surface area contributed by atoms with Crippen LogP contribution in [0.25, 0.3) is 0 Å². The molecule has 1 fully saturated rings. The Morgan fingerprint density at radius 3 is 2.47 bits per heavy atom. The van der Waals surface area contributed by atoms with Gasteiger partial charge in [-0.2, -0.15) is 0 Å². The first-order chi connectivity index (χ1) is 8.18. The molecule has 0 saturated carbocycles. The summed E-state index contributed by atoms with van der Waals surface area (Å²) in [7, 11) is 4.17. The quantitative estimate of drug-likeness (QED) is 0.862. The lowest BCUT2D eigenvalue weighted by Crippen LogP contribution is -2.32. The van der Waals surface area contributed by atoms with Crippen LogP contribution in [0.3, 0.4) is 0 Å². The predicted octanol–water partition coefficient (Wildman–Crippen LogP) is 2.86. The van der Waals surface area contributed by atoms with Crippen molar-refractivity contribution in [3.63, 3.8) is 0 Å². The molecule has 17 heavy (non-hydrogen) atoms. The Bertz CT molecular complexity index is 336. The summed E-state index contributed by atoms with van der Waals surface area (Å²) in [6.07, 6.45) is 2.69. The van der Waals surface area contributed by atoms with Gasteiger partial charge in [0, 0.05) is 19.8 Å². The monoisotopic (exact) mass is 232 g/mol. The topological polar surface area (TPSA) is 15.3 Å². The minimum Gasteiger partial charge on any atom is -0.378 e. The smallest absolute Gasteiger partial charge is 0.0361 e. The third-order valence-corrected chi connectivity index (χ3v) is 3.98. The molecule has 2 unspecified atom stereocenters. The van der Waals surface area contributed by atoms with Crippen LogP contribution < -0.4 is 10.2 Å². The second-order valence-corrected chi connectivity index (χ2v) is 5.38. The van der Waals surface area contributed by atoms with E-state index in [1.807, 2.05) is 0 Å². The molecule has 1 aromatic rings. The van der Waals surface area contributed by atoms with Crippen molar-refractivity contribution in [3.05, 3.63) is 29.8 Å². The maximum absolute atomic E-state index is 3.51. The molecule has 1 N–H and O–H groups in total. The second kappa shape index (κ2) is 5.54. The number of benzene rings is 1. The van der Waals surface area contributed by atoms with Crippen molar-refractivity contribution >= 4 is 5.69 Å². The molecule has 0 bridgehead atoms. The standard InChI is InChI=1S/C15H24N2/c1-12(14-5-4-10-16-11-14)13-6-8-15(9-7-13)17(2)3/h6-9,12,14,16H,4-5,10-11H2,1-3H3. The van der Waals surface area contributed by atoms with Crippen molar-refractivity contribution in [2.45, 2.75) is 25.7 Å². The Balaban J connectivity index is 2.05. The Hall–Kier alpha value is -1.02. The average Bonchev–Trinajstić information content (AvgIpc) is 2.39. The lowest BCUT2D eigenvalue weighted by Gasteiger charge is -2.29. The highest BCUT2D eigenvalue weighted by atomic mass is 15.1. The number of hydrogen-bond donors (Lipinski definition) is 1. The molecule has 2 atom stereocenters. The zero-order valence-corrected chi connectivity index (χ0v) is 11.2. The molecule has 0 amide bonds. The van der Waals surface area contributed by atoms with Crippen molar-refractivity contribution < 1.29 is 0 Å². The van der Waals surface area contributed by atoms with E-state index in [1.165, 1.54) is 37.2 Å². The lowest BCUT2D eigenvalue weighted by molar-refractivity contribution is 0.334. The summed E-state index contributed by atoms with van der Waals surface area (Å²) in [6.45, 7) is 4.74. The van der Waals surface area contributed by atoms with Gasteiger partial charge in [0.2, 0.25) is 0 Å². The second-order valence-electron chi connectivity index (χ2n) is 5.38. The molecule has 2 heteroatoms. The number of nitrogens with zero attached hydrogens (tertiary/aromatic N) is 1. The van der Waals surface area contributed by atoms with Gasteiger partial charge in [0.25, 0.3) is 0 Å². The Morgan fingerprint density at radius 1 is 1.24 bits per heavy atom. The van der Waals surface area contributed by atoms with Gasteiger partial charge in [0.15, 0.2) is 0 Å². The minimum atomic E-state index is 0.666. The van der Waals surface area contributed by atoms with Crippen molar-refractivity contribution in [1.82, 2.24) is 5.32 Å². The van der Waals surface area contributed by atoms with E-state index in [9.17, 15) is 0 Å². The fourth-order valence-corrected chi connectivity index (χ4v) is 2.65. The van der Waals surface area contributed by atoms with Crippen LogP contribution in [-0.4, -0.2) is 27.2 Å². The van der Waals surface area contributed by atoms with Crippen LogP contribution in [0, 0.1) is 5.92 Å². The van der Waals surface area contributed by atoms with E-state index in [0.29, 0.717) is 5.92 Å². The molecule has 0 aliphatic carbocycles. The molecular formula is C15H24N2. The molecule has 1 aromatic carbocycles. The molecule has 1 saturated heterocycles. The zero-order chi connectivity index (χ0) is 12.3. The van der Waals surface area contributed by atoms with Gasteiger partial charge in [0.05, 0.1) is 0 Å². The van der Waals surface area contributed by atoms with E-state index >= 15 is 0 Å². The molecule has 1 heterocycles. The van der Waals surface area contributed by atoms with Crippen LogP contribution >= 0.6 is 0 Å². The summed E-state index contributed by atoms with van der Waals surface area (Å²) in [4.78, 5) is 2.15. The van der Waals surface area contributed by atoms with Crippen molar-refractivity contribution in [1.29, 1.82) is 0 Å². The highest BCUT2D eigenvalue weighted by Crippen LogP contribution is 2.29. The molecule has 1 aliphatic heterocycles. The maximum atomic E-state index is 3.51. The van der Waals surface area contributed by atoms with Crippen LogP contribution in [0.2, 0.25) is 0 Å². The highest BCUT2D eigenvalue weighted by Gasteiger charge is 2.20. The van der Waals surface area contributed by atoms with E-state index in [0.717, 1.165) is 5.92 Å². The Labute approximate surface area is 105 Å². The van der Waals surface area contributed by atoms with Crippen LogP contribution in [0.1, 0.15) is 31.2 Å². The third kappa shape index (κ3) is 3.01. The molecular weight excluding hydrogens is 208 g/mol. The van der Waals surface area contributed by atoms with E-state index in [1.54, 1.807) is 0 Å². The fraction of sp³-hybridized carbons (Fsp3) is 0.600. The van der Waals surface area contributed by atoms with Gasteiger partial charge in [-0.15, -0.1) is 0 Å². The lowest BCUT2D eigenvalue weighted by atomic mass is 9.83. The fourth-order valence-electron chi connectivity index (χ4n) is 2.65. The molecule has 0 spiro atoms. The summed E-state index contributed by atoms with van der Waals surface area (Å²) in [5, 5.41) is 3.51. The van der Waals surface area contributed by atoms with Gasteiger partial charge in [-0.3, -0.25) is 0 Å². The SMILES string of the molecule is CC(c1ccc(N(C)C)cc1)C1CCCNC1. The van der Waals surface area contributed by atoms with Crippen LogP contribution in [0.4, 0.5) is 5.69 Å². The Kier molecular flexibility index (Phi) is 4.06. The van der Waals surface area contributed by atoms with Crippen molar-refractivity contribution in [2.75, 3.05) is 32.1 Å². The summed E-state index contributed by atoms with van der Waals surface area (Å²) >= 11 is 0. The van der Waals surface area contributed by atoms with Crippen LogP contribution in [0.5, 0.6) is 0 Å².